The Morgan fingerprint density at radius 2 is 0.938 bits per heavy atom. The predicted molar refractivity (Wildman–Crippen MR) is 422 cm³/mol. The number of aromatic amines is 3. The minimum Gasteiger partial charge on any atom is -1.00 e. The van der Waals surface area contributed by atoms with Crippen LogP contribution in [0.2, 0.25) is 10.4 Å². The number of anilines is 2. The quantitative estimate of drug-likeness (QED) is 0.00369. The van der Waals surface area contributed by atoms with E-state index in [9.17, 15) is 47.7 Å². The van der Waals surface area contributed by atoms with Crippen molar-refractivity contribution in [3.63, 3.8) is 0 Å². The van der Waals surface area contributed by atoms with E-state index >= 15 is 0 Å². The summed E-state index contributed by atoms with van der Waals surface area (Å²) in [4.78, 5) is 139. The number of carbonyl (C=O) groups is 4. The van der Waals surface area contributed by atoms with E-state index in [4.69, 9.17) is 65.4 Å². The van der Waals surface area contributed by atoms with E-state index in [2.05, 4.69) is 101 Å². The van der Waals surface area contributed by atoms with E-state index in [-0.39, 0.29) is 183 Å². The molecule has 0 unspecified atom stereocenters. The monoisotopic (exact) mass is 1980 g/mol. The Hall–Kier alpha value is -2.92. The third-order valence-corrected chi connectivity index (χ3v) is 16.7. The smallest absolute Gasteiger partial charge is 1.00 e. The third kappa shape index (κ3) is 48.2. The molecule has 6 aromatic heterocycles. The number of ether oxygens (including phenoxy) is 6. The van der Waals surface area contributed by atoms with E-state index in [0.717, 1.165) is 73.1 Å². The fraction of sp³-hybridized carbons (Fsp3) is 0.657. The molecule has 0 aliphatic carbocycles. The molecule has 45 heteroatoms. The van der Waals surface area contributed by atoms with Crippen LogP contribution in [-0.2, 0) is 111 Å². The van der Waals surface area contributed by atoms with Gasteiger partial charge in [0.15, 0.2) is 22.0 Å². The Bertz CT molecular complexity index is 4140. The summed E-state index contributed by atoms with van der Waals surface area (Å²) in [5, 5.41) is 13.4. The van der Waals surface area contributed by atoms with E-state index in [1.807, 2.05) is 9.55 Å². The standard InChI is InChI=1S/C25H42N4O5.C24H38Cl2N4O3.C9H11N3O3.C5H8N4O2.C3H6O3.CH2O3.BH.Cl3OP.2K.U.H/c1-28-23-22(24(31)27-25(28)32)29(20(26-23)19-33-2)18-16-14-12-10-8-6-4-5-7-9-11-13-15-17-21(30)34-3;1-32-18-19-27-23-21(22(25)28-24(26)29-23)30(19)17-15-13-11-9-7-5-3-4-6-8-10-12-14-16-20(31)33-2;1-12-7-6(8(13)11-9(12)14)3-5(10-7)4-15-2;1-9-3(7)2(6)4(10)8-5(9)11;1-6-2-3(4)5;2-1-4-3;;1-5(2,3)4;;;;/h4-19H2,1-3H3,(H,27,31,32);3-18H2,1-2H3;3-4H2,1-2H3,(H,11,13,14);6-7H2,1H3,(H,8,10,11);2H2,1H3,(H,4,5);1,3H;1H;;;;;/q;;;;;;;;2*+1;;-1/p-1/i;;;;;;1D;;;;;. The molecule has 0 aromatic carbocycles. The molecule has 6 aromatic rings. The van der Waals surface area contributed by atoms with Gasteiger partial charge in [0.2, 0.25) is 5.28 Å². The number of imidazole rings is 2. The number of hydrogen-bond donors (Lipinski definition) is 6. The van der Waals surface area contributed by atoms with Gasteiger partial charge in [0.05, 0.1) is 32.1 Å². The number of halogens is 5. The summed E-state index contributed by atoms with van der Waals surface area (Å²) in [6.07, 6.45) is 32.9. The molecule has 0 atom stereocenters. The maximum Gasteiger partial charge on any atom is 1.00 e. The van der Waals surface area contributed by atoms with Crippen molar-refractivity contribution < 1.29 is 203 Å². The van der Waals surface area contributed by atoms with Gasteiger partial charge in [-0.1, -0.05) is 153 Å². The number of rotatable bonds is 41. The Morgan fingerprint density at radius 1 is 0.571 bits per heavy atom. The molecule has 1 aliphatic rings. The molecule has 2 radical (unpaired) electrons. The zero-order valence-electron chi connectivity index (χ0n) is 68.1. The number of nitrogens with zero attached hydrogens (tertiary/aromatic N) is 10. The number of H-pyrrole nitrogens is 3. The molecule has 0 fully saturated rings. The number of methoxy groups -OCH3 is 6. The molecular weight excluding hydrogens is 1870 g/mol. The van der Waals surface area contributed by atoms with Gasteiger partial charge in [-0.2, -0.15) is 4.98 Å². The predicted octanol–water partition coefficient (Wildman–Crippen LogP) is 3.14. The maximum absolute atomic E-state index is 12.4. The molecule has 0 saturated carbocycles. The molecular formula is C67H108BCl5K2N15O20PU. The zero-order valence-corrected chi connectivity index (χ0v) is 81.2. The van der Waals surface area contributed by atoms with Crippen LogP contribution in [0.1, 0.15) is 198 Å². The summed E-state index contributed by atoms with van der Waals surface area (Å²) in [6.45, 7) is 2.20. The molecule has 0 amide bonds. The van der Waals surface area contributed by atoms with Crippen molar-refractivity contribution in [3.8, 4) is 0 Å². The topological polar surface area (TPSA) is 484 Å². The third-order valence-electron chi connectivity index (χ3n) is 16.3. The fourth-order valence-corrected chi connectivity index (χ4v) is 11.3. The molecule has 7 rings (SSSR count). The number of aliphatic imine (C=N–C) groups is 1. The normalized spacial score (nSPS) is 10.8. The van der Waals surface area contributed by atoms with Gasteiger partial charge in [0.1, 0.15) is 54.3 Å². The van der Waals surface area contributed by atoms with Crippen LogP contribution in [0.15, 0.2) is 33.8 Å². The number of fused-ring (bicyclic) bond motifs is 3. The van der Waals surface area contributed by atoms with Crippen LogP contribution >= 0.6 is 62.1 Å². The Balaban J connectivity index is -0.000000452. The first-order valence-electron chi connectivity index (χ1n) is 35.7. The summed E-state index contributed by atoms with van der Waals surface area (Å²) >= 11 is 26.1. The summed E-state index contributed by atoms with van der Waals surface area (Å²) in [6, 6.07) is 0. The van der Waals surface area contributed by atoms with Crippen molar-refractivity contribution in [2.45, 2.75) is 213 Å². The second-order valence-electron chi connectivity index (χ2n) is 24.5. The molecule has 0 spiro atoms. The number of nitrogens with one attached hydrogen (secondary N) is 3. The first kappa shape index (κ1) is 113. The second-order valence-corrected chi connectivity index (χ2v) is 31.8. The number of aryl methyl sites for hydroxylation is 3. The van der Waals surface area contributed by atoms with Gasteiger partial charge in [-0.3, -0.25) is 62.0 Å². The summed E-state index contributed by atoms with van der Waals surface area (Å²) in [5.74, 6) is 0.772. The van der Waals surface area contributed by atoms with Gasteiger partial charge in [-0.25, -0.2) is 39.1 Å². The molecule has 7 heterocycles. The number of aliphatic carboxylic acids is 1. The molecule has 1 aliphatic heterocycles. The molecule has 0 saturated heterocycles. The summed E-state index contributed by atoms with van der Waals surface area (Å²) in [7, 11) is 17.4. The minimum atomic E-state index is -3.22. The summed E-state index contributed by atoms with van der Waals surface area (Å²) < 4.78 is 51.5. The van der Waals surface area contributed by atoms with Gasteiger partial charge in [-0.05, 0) is 72.3 Å². The second kappa shape index (κ2) is 67.9. The molecule has 0 bridgehead atoms. The van der Waals surface area contributed by atoms with Crippen LogP contribution in [0.5, 0.6) is 0 Å². The first-order valence-corrected chi connectivity index (χ1v) is 40.3. The number of unbranched alkanes of at least 4 members (excludes halogenated alkanes) is 24. The van der Waals surface area contributed by atoms with Crippen LogP contribution < -0.4 is 153 Å². The van der Waals surface area contributed by atoms with Crippen LogP contribution in [0.4, 0.5) is 17.3 Å². The minimum absolute atomic E-state index is 0. The average Bonchev–Trinajstić information content (AvgIpc) is 1.63. The Labute approximate surface area is 788 Å². The number of aromatic nitrogens is 12. The maximum atomic E-state index is 12.4. The van der Waals surface area contributed by atoms with Gasteiger partial charge in [0.25, 0.3) is 23.2 Å². The van der Waals surface area contributed by atoms with Gasteiger partial charge in [0, 0.05) is 121 Å². The van der Waals surface area contributed by atoms with Crippen LogP contribution in [0.25, 0.3) is 22.3 Å². The molecule has 8 N–H and O–H groups in total. The van der Waals surface area contributed by atoms with Gasteiger partial charge in [-0.15, -0.1) is 0 Å². The van der Waals surface area contributed by atoms with E-state index in [1.165, 1.54) is 160 Å². The van der Waals surface area contributed by atoms with Crippen molar-refractivity contribution in [2.24, 2.45) is 26.1 Å². The largest absolute Gasteiger partial charge is 1.00 e. The zero-order chi connectivity index (χ0) is 83.2. The molecule has 35 nitrogen and oxygen atoms in total. The summed E-state index contributed by atoms with van der Waals surface area (Å²) in [5.41, 5.74) is 10.9. The fourth-order valence-electron chi connectivity index (χ4n) is 10.8. The van der Waals surface area contributed by atoms with Crippen molar-refractivity contribution in [3.05, 3.63) is 90.2 Å². The van der Waals surface area contributed by atoms with Crippen molar-refractivity contribution >= 4 is 140 Å². The van der Waals surface area contributed by atoms with E-state index < -0.39 is 39.4 Å². The van der Waals surface area contributed by atoms with Gasteiger partial charge >= 0.3 is 143 Å². The van der Waals surface area contributed by atoms with Gasteiger partial charge < -0.3 is 65.7 Å². The number of carbonyl (C=O) groups excluding carboxylic acids is 3. The SMILES string of the molecule is COCC(=O)O.COCC1=Nc2c(c(=O)[nH]c(=O)n2C)C1.COCc1nc2c(c(=O)[nH]c(=O)n2C)n1CCCCCCCCCCCCCCCC(=O)OC.COCc1nc2nc(Cl)nc(Cl)c2n1CCCCCCCCCCCCCCCC(=O)OC.Cn1c(N)c(N)c(=O)[nH]c1=O.O=CO[O-].O=P(Cl)(Cl)Cl.[2H][B].[H-].[K+].[K+].[U]. The van der Waals surface area contributed by atoms with Crippen LogP contribution in [0.3, 0.4) is 0 Å². The number of esters is 2. The number of carboxylic acids is 1. The average molecular weight is 1980 g/mol. The van der Waals surface area contributed by atoms with Crippen LogP contribution in [-0.4, -0.2) is 159 Å². The number of nitrogens with two attached hydrogens (primary N) is 2. The van der Waals surface area contributed by atoms with Crippen LogP contribution in [0, 0.1) is 31.1 Å². The molecule has 620 valence electrons. The van der Waals surface area contributed by atoms with Crippen molar-refractivity contribution in [1.29, 1.82) is 1.34 Å². The molecule has 112 heavy (non-hydrogen) atoms. The Morgan fingerprint density at radius 3 is 1.32 bits per heavy atom. The first-order chi connectivity index (χ1) is 52.4. The Kier molecular flexibility index (Phi) is 68.7. The number of hydrogen-bond acceptors (Lipinski definition) is 26. The number of nitrogen functional groups attached to an aromatic ring is 2. The van der Waals surface area contributed by atoms with Crippen molar-refractivity contribution in [2.75, 3.05) is 67.3 Å². The van der Waals surface area contributed by atoms with E-state index in [1.54, 1.807) is 35.4 Å². The van der Waals surface area contributed by atoms with E-state index in [0.29, 0.717) is 84.8 Å². The van der Waals surface area contributed by atoms with Crippen molar-refractivity contribution in [1.82, 2.24) is 57.7 Å². The number of carboxylic acid groups (broad SMARTS) is 1.